The van der Waals surface area contributed by atoms with Crippen LogP contribution in [0.15, 0.2) is 46.9 Å². The number of nitro benzene ring substituents is 1. The van der Waals surface area contributed by atoms with Crippen LogP contribution in [0.4, 0.5) is 14.9 Å². The largest absolute Gasteiger partial charge is 1.00 e. The molecule has 0 saturated heterocycles. The number of ether oxygens (including phenoxy) is 1. The molecule has 0 aliphatic heterocycles. The van der Waals surface area contributed by atoms with Crippen molar-refractivity contribution in [1.82, 2.24) is 0 Å². The zero-order valence-corrected chi connectivity index (χ0v) is 24.6. The van der Waals surface area contributed by atoms with Gasteiger partial charge in [0.25, 0.3) is 5.69 Å². The molecule has 0 saturated carbocycles. The van der Waals surface area contributed by atoms with E-state index in [0.717, 1.165) is 12.1 Å². The fourth-order valence-corrected chi connectivity index (χ4v) is 2.52. The van der Waals surface area contributed by atoms with Crippen LogP contribution < -0.4 is 113 Å². The van der Waals surface area contributed by atoms with Gasteiger partial charge in [0.05, 0.1) is 17.1 Å². The Hall–Kier alpha value is -0.197. The zero-order chi connectivity index (χ0) is 22.1. The number of esters is 1. The molecule has 0 fully saturated rings. The van der Waals surface area contributed by atoms with Gasteiger partial charge in [0.15, 0.2) is 0 Å². The van der Waals surface area contributed by atoms with E-state index < -0.39 is 28.6 Å². The van der Waals surface area contributed by atoms with Gasteiger partial charge in [-0.15, -0.1) is 0 Å². The topological polar surface area (TPSA) is 153 Å². The van der Waals surface area contributed by atoms with Crippen molar-refractivity contribution in [3.63, 3.8) is 0 Å². The van der Waals surface area contributed by atoms with E-state index in [-0.39, 0.29) is 132 Å². The maximum atomic E-state index is 13.1. The summed E-state index contributed by atoms with van der Waals surface area (Å²) in [5.74, 6) is -1.99. The van der Waals surface area contributed by atoms with Crippen LogP contribution >= 0.6 is 15.9 Å². The second-order valence-electron chi connectivity index (χ2n) is 5.12. The zero-order valence-electron chi connectivity index (χ0n) is 16.8. The summed E-state index contributed by atoms with van der Waals surface area (Å²) < 4.78 is 18.5. The van der Waals surface area contributed by atoms with E-state index in [4.69, 9.17) is 19.7 Å². The SMILES string of the molecule is CCOC(=O)C(=C(O)c1ccc(F)cc1)c1cc(Br)ccc1[N+](=O)[O-].O=C([O-])[O-].[K+].[K+]. The Kier molecular flexibility index (Phi) is 17.5. The standard InChI is InChI=1S/C17H13BrFNO5.CH2O3.2K/c1-2-25-17(22)15(16(21)10-3-6-12(19)7-4-10)13-9-11(18)5-8-14(13)20(23)24;2-1(3)4;;/h3-9,21H,2H2,1H3;(H2,2,3,4);;/q;;2*+1/p-2. The van der Waals surface area contributed by atoms with E-state index in [1.807, 2.05) is 0 Å². The number of benzene rings is 2. The fourth-order valence-electron chi connectivity index (χ4n) is 2.16. The number of hydrogen-bond acceptors (Lipinski definition) is 8. The summed E-state index contributed by atoms with van der Waals surface area (Å²) in [7, 11) is 0. The van der Waals surface area contributed by atoms with Crippen LogP contribution in [0.3, 0.4) is 0 Å². The second kappa shape index (κ2) is 16.4. The average molecular weight is 548 g/mol. The Balaban J connectivity index is 0. The van der Waals surface area contributed by atoms with E-state index in [9.17, 15) is 24.4 Å². The molecule has 1 N–H and O–H groups in total. The van der Waals surface area contributed by atoms with Gasteiger partial charge in [-0.1, -0.05) is 15.9 Å². The number of nitrogens with zero attached hydrogens (tertiary/aromatic N) is 1. The molecule has 0 aliphatic rings. The Morgan fingerprint density at radius 2 is 1.65 bits per heavy atom. The first-order valence-corrected chi connectivity index (χ1v) is 8.56. The summed E-state index contributed by atoms with van der Waals surface area (Å²) in [6.07, 6.45) is -2.33. The number of carbonyl (C=O) groups excluding carboxylic acids is 2. The summed E-state index contributed by atoms with van der Waals surface area (Å²) in [6, 6.07) is 8.70. The Morgan fingerprint density at radius 1 is 1.13 bits per heavy atom. The van der Waals surface area contributed by atoms with Crippen molar-refractivity contribution in [2.24, 2.45) is 0 Å². The van der Waals surface area contributed by atoms with Gasteiger partial charge in [0, 0.05) is 16.1 Å². The van der Waals surface area contributed by atoms with Crippen LogP contribution in [0, 0.1) is 15.9 Å². The molecule has 0 radical (unpaired) electrons. The molecule has 154 valence electrons. The van der Waals surface area contributed by atoms with Crippen molar-refractivity contribution in [3.05, 3.63) is 74.0 Å². The molecular weight excluding hydrogens is 535 g/mol. The average Bonchev–Trinajstić information content (AvgIpc) is 2.62. The number of aliphatic hydroxyl groups is 1. The smallest absolute Gasteiger partial charge is 0.652 e. The molecule has 2 aromatic carbocycles. The molecule has 0 atom stereocenters. The Bertz CT molecular complexity index is 950. The number of nitro groups is 1. The predicted octanol–water partition coefficient (Wildman–Crippen LogP) is -3.95. The van der Waals surface area contributed by atoms with E-state index >= 15 is 0 Å². The molecule has 31 heavy (non-hydrogen) atoms. The van der Waals surface area contributed by atoms with Gasteiger partial charge in [0.1, 0.15) is 17.1 Å². The third-order valence-corrected chi connectivity index (χ3v) is 3.75. The molecule has 0 bridgehead atoms. The van der Waals surface area contributed by atoms with Gasteiger partial charge < -0.3 is 24.9 Å². The van der Waals surface area contributed by atoms with Gasteiger partial charge >= 0.3 is 109 Å². The minimum atomic E-state index is -2.33. The number of carbonyl (C=O) groups is 2. The van der Waals surface area contributed by atoms with Crippen LogP contribution in [0.25, 0.3) is 11.3 Å². The molecule has 0 aromatic heterocycles. The van der Waals surface area contributed by atoms with E-state index in [1.54, 1.807) is 6.92 Å². The summed E-state index contributed by atoms with van der Waals surface area (Å²) in [6.45, 7) is 1.58. The van der Waals surface area contributed by atoms with Gasteiger partial charge in [-0.25, -0.2) is 9.18 Å². The van der Waals surface area contributed by atoms with Crippen molar-refractivity contribution in [2.75, 3.05) is 6.61 Å². The molecule has 0 aliphatic carbocycles. The third kappa shape index (κ3) is 11.0. The van der Waals surface area contributed by atoms with E-state index in [2.05, 4.69) is 15.9 Å². The number of halogens is 2. The summed E-state index contributed by atoms with van der Waals surface area (Å²) in [5, 5.41) is 38.5. The summed E-state index contributed by atoms with van der Waals surface area (Å²) in [4.78, 5) is 31.3. The first-order chi connectivity index (χ1) is 13.6. The normalized spacial score (nSPS) is 10.2. The van der Waals surface area contributed by atoms with Crippen LogP contribution in [0.1, 0.15) is 18.1 Å². The number of aliphatic hydroxyl groups excluding tert-OH is 1. The number of hydrogen-bond donors (Lipinski definition) is 1. The first-order valence-electron chi connectivity index (χ1n) is 7.77. The van der Waals surface area contributed by atoms with Crippen LogP contribution in [0.2, 0.25) is 0 Å². The first kappa shape index (κ1) is 33.0. The molecule has 0 unspecified atom stereocenters. The minimum Gasteiger partial charge on any atom is -0.652 e. The molecule has 2 aromatic rings. The third-order valence-electron chi connectivity index (χ3n) is 3.26. The summed E-state index contributed by atoms with van der Waals surface area (Å²) >= 11 is 3.19. The predicted molar refractivity (Wildman–Crippen MR) is 98.7 cm³/mol. The second-order valence-corrected chi connectivity index (χ2v) is 6.04. The molecule has 13 heteroatoms. The maximum Gasteiger partial charge on any atom is 1.00 e. The number of rotatable bonds is 5. The maximum absolute atomic E-state index is 13.1. The van der Waals surface area contributed by atoms with Gasteiger partial charge in [-0.05, 0) is 49.5 Å². The molecule has 0 heterocycles. The number of carboxylic acid groups (broad SMARTS) is 2. The van der Waals surface area contributed by atoms with E-state index in [1.165, 1.54) is 30.3 Å². The molecule has 0 amide bonds. The Labute approximate surface area is 269 Å². The van der Waals surface area contributed by atoms with Crippen LogP contribution in [-0.4, -0.2) is 28.8 Å². The van der Waals surface area contributed by atoms with Crippen LogP contribution in [-0.2, 0) is 9.53 Å². The molecular formula is C18H13BrFK2NO8. The molecule has 9 nitrogen and oxygen atoms in total. The van der Waals surface area contributed by atoms with Crippen molar-refractivity contribution < 1.29 is 142 Å². The monoisotopic (exact) mass is 547 g/mol. The summed E-state index contributed by atoms with van der Waals surface area (Å²) in [5.41, 5.74) is -0.736. The minimum absolute atomic E-state index is 0. The fraction of sp³-hybridized carbons (Fsp3) is 0.111. The van der Waals surface area contributed by atoms with Crippen LogP contribution in [0.5, 0.6) is 0 Å². The van der Waals surface area contributed by atoms with Crippen molar-refractivity contribution in [2.45, 2.75) is 6.92 Å². The Morgan fingerprint density at radius 3 is 2.10 bits per heavy atom. The van der Waals surface area contributed by atoms with E-state index in [0.29, 0.717) is 4.47 Å². The van der Waals surface area contributed by atoms with Crippen molar-refractivity contribution >= 4 is 45.1 Å². The van der Waals surface area contributed by atoms with Crippen molar-refractivity contribution in [1.29, 1.82) is 0 Å². The quantitative estimate of drug-likeness (QED) is 0.0756. The molecule has 0 spiro atoms. The van der Waals surface area contributed by atoms with Gasteiger partial charge in [0.2, 0.25) is 0 Å². The molecule has 2 rings (SSSR count). The van der Waals surface area contributed by atoms with Gasteiger partial charge in [-0.2, -0.15) is 0 Å². The van der Waals surface area contributed by atoms with Gasteiger partial charge in [-0.3, -0.25) is 10.1 Å². The van der Waals surface area contributed by atoms with Crippen molar-refractivity contribution in [3.8, 4) is 0 Å².